The Bertz CT molecular complexity index is 574. The van der Waals surface area contributed by atoms with E-state index in [2.05, 4.69) is 21.7 Å². The molecule has 2 N–H and O–H groups in total. The second-order valence-electron chi connectivity index (χ2n) is 5.63. The molecule has 1 unspecified atom stereocenters. The van der Waals surface area contributed by atoms with Crippen molar-refractivity contribution in [1.29, 1.82) is 0 Å². The number of nitrogens with zero attached hydrogens (tertiary/aromatic N) is 3. The molecule has 3 rings (SSSR count). The lowest BCUT2D eigenvalue weighted by molar-refractivity contribution is 0.173. The van der Waals surface area contributed by atoms with Gasteiger partial charge in [0, 0.05) is 38.4 Å². The van der Waals surface area contributed by atoms with E-state index in [1.165, 1.54) is 6.42 Å². The minimum Gasteiger partial charge on any atom is -0.464 e. The maximum atomic E-state index is 5.72. The van der Waals surface area contributed by atoms with Gasteiger partial charge < -0.3 is 15.1 Å². The zero-order valence-corrected chi connectivity index (χ0v) is 12.7. The van der Waals surface area contributed by atoms with Crippen molar-refractivity contribution in [2.75, 3.05) is 37.6 Å². The topological polar surface area (TPSA) is 58.5 Å². The molecule has 1 fully saturated rings. The van der Waals surface area contributed by atoms with Gasteiger partial charge in [-0.15, -0.1) is 0 Å². The normalized spacial score (nSPS) is 18.3. The van der Waals surface area contributed by atoms with Gasteiger partial charge in [0.1, 0.15) is 11.4 Å². The highest BCUT2D eigenvalue weighted by atomic mass is 16.3. The highest BCUT2D eigenvalue weighted by molar-refractivity contribution is 5.88. The van der Waals surface area contributed by atoms with Crippen LogP contribution in [0.4, 0.5) is 5.82 Å². The minimum atomic E-state index is 0.620. The number of furan rings is 1. The monoisotopic (exact) mass is 288 g/mol. The number of rotatable bonds is 5. The van der Waals surface area contributed by atoms with Crippen LogP contribution in [0.2, 0.25) is 0 Å². The molecular weight excluding hydrogens is 264 g/mol. The third kappa shape index (κ3) is 2.89. The van der Waals surface area contributed by atoms with E-state index < -0.39 is 0 Å². The summed E-state index contributed by atoms with van der Waals surface area (Å²) in [5.74, 6) is 1.05. The number of anilines is 1. The molecule has 5 heteroatoms. The van der Waals surface area contributed by atoms with Crippen molar-refractivity contribution in [3.63, 3.8) is 0 Å². The van der Waals surface area contributed by atoms with Gasteiger partial charge in [0.05, 0.1) is 11.6 Å². The quantitative estimate of drug-likeness (QED) is 0.913. The Labute approximate surface area is 125 Å². The number of hydrogen-bond donors (Lipinski definition) is 1. The van der Waals surface area contributed by atoms with Gasteiger partial charge in [-0.3, -0.25) is 4.90 Å². The summed E-state index contributed by atoms with van der Waals surface area (Å²) in [6, 6.07) is 4.55. The Kier molecular flexibility index (Phi) is 4.41. The van der Waals surface area contributed by atoms with E-state index in [4.69, 9.17) is 10.2 Å². The molecule has 0 amide bonds. The predicted molar refractivity (Wildman–Crippen MR) is 85.5 cm³/mol. The number of piperazine rings is 1. The van der Waals surface area contributed by atoms with E-state index >= 15 is 0 Å². The van der Waals surface area contributed by atoms with Gasteiger partial charge in [-0.25, -0.2) is 4.98 Å². The molecule has 114 valence electrons. The van der Waals surface area contributed by atoms with Crippen molar-refractivity contribution in [3.05, 3.63) is 24.6 Å². The van der Waals surface area contributed by atoms with Crippen LogP contribution in [-0.2, 0) is 0 Å². The average Bonchev–Trinajstić information content (AvgIpc) is 3.01. The zero-order chi connectivity index (χ0) is 14.7. The fourth-order valence-corrected chi connectivity index (χ4v) is 3.27. The van der Waals surface area contributed by atoms with Crippen LogP contribution in [-0.4, -0.2) is 48.6 Å². The minimum absolute atomic E-state index is 0.620. The van der Waals surface area contributed by atoms with Crippen molar-refractivity contribution in [1.82, 2.24) is 9.88 Å². The number of hydrogen-bond acceptors (Lipinski definition) is 5. The molecule has 5 nitrogen and oxygen atoms in total. The molecule has 1 atom stereocenters. The first-order chi connectivity index (χ1) is 10.3. The molecule has 3 heterocycles. The second kappa shape index (κ2) is 6.45. The highest BCUT2D eigenvalue weighted by Crippen LogP contribution is 2.26. The number of aromatic nitrogens is 1. The van der Waals surface area contributed by atoms with Gasteiger partial charge in [-0.1, -0.05) is 6.92 Å². The molecule has 2 aromatic heterocycles. The Morgan fingerprint density at radius 1 is 1.29 bits per heavy atom. The molecule has 2 aromatic rings. The molecule has 21 heavy (non-hydrogen) atoms. The van der Waals surface area contributed by atoms with Crippen molar-refractivity contribution in [2.24, 2.45) is 5.73 Å². The van der Waals surface area contributed by atoms with Crippen molar-refractivity contribution in [2.45, 2.75) is 25.8 Å². The first kappa shape index (κ1) is 14.4. The molecule has 0 bridgehead atoms. The van der Waals surface area contributed by atoms with Crippen LogP contribution in [0, 0.1) is 0 Å². The van der Waals surface area contributed by atoms with Crippen molar-refractivity contribution >= 4 is 16.8 Å². The van der Waals surface area contributed by atoms with Gasteiger partial charge in [0.15, 0.2) is 0 Å². The lowest BCUT2D eigenvalue weighted by atomic mass is 10.1. The summed E-state index contributed by atoms with van der Waals surface area (Å²) in [6.45, 7) is 7.20. The van der Waals surface area contributed by atoms with Crippen LogP contribution in [0.25, 0.3) is 11.0 Å². The molecule has 1 aliphatic rings. The molecule has 0 radical (unpaired) electrons. The first-order valence-corrected chi connectivity index (χ1v) is 7.84. The average molecular weight is 288 g/mol. The Hall–Kier alpha value is -1.59. The largest absolute Gasteiger partial charge is 0.464 e. The summed E-state index contributed by atoms with van der Waals surface area (Å²) in [5.41, 5.74) is 6.64. The van der Waals surface area contributed by atoms with E-state index in [0.29, 0.717) is 6.04 Å². The van der Waals surface area contributed by atoms with Gasteiger partial charge >= 0.3 is 0 Å². The predicted octanol–water partition coefficient (Wildman–Crippen LogP) is 2.08. The molecule has 0 spiro atoms. The number of fused-ring (bicyclic) bond motifs is 1. The van der Waals surface area contributed by atoms with Crippen LogP contribution in [0.5, 0.6) is 0 Å². The SMILES string of the molecule is CCC(CCN)N1CCN(c2nccc3occc23)CC1. The van der Waals surface area contributed by atoms with E-state index in [1.807, 2.05) is 18.3 Å². The summed E-state index contributed by atoms with van der Waals surface area (Å²) in [7, 11) is 0. The maximum absolute atomic E-state index is 5.72. The summed E-state index contributed by atoms with van der Waals surface area (Å²) in [5, 5.41) is 1.11. The molecular formula is C16H24N4O. The molecule has 1 aliphatic heterocycles. The van der Waals surface area contributed by atoms with Crippen molar-refractivity contribution < 1.29 is 4.42 Å². The summed E-state index contributed by atoms with van der Waals surface area (Å²) in [4.78, 5) is 9.49. The van der Waals surface area contributed by atoms with E-state index in [-0.39, 0.29) is 0 Å². The van der Waals surface area contributed by atoms with Gasteiger partial charge in [0.25, 0.3) is 0 Å². The Balaban J connectivity index is 1.69. The van der Waals surface area contributed by atoms with E-state index in [9.17, 15) is 0 Å². The third-order valence-electron chi connectivity index (χ3n) is 4.46. The second-order valence-corrected chi connectivity index (χ2v) is 5.63. The molecule has 1 saturated heterocycles. The summed E-state index contributed by atoms with van der Waals surface area (Å²) in [6.07, 6.45) is 5.83. The van der Waals surface area contributed by atoms with Crippen LogP contribution >= 0.6 is 0 Å². The van der Waals surface area contributed by atoms with Crippen LogP contribution in [0.1, 0.15) is 19.8 Å². The number of nitrogens with two attached hydrogens (primary N) is 1. The lowest BCUT2D eigenvalue weighted by Crippen LogP contribution is -2.51. The highest BCUT2D eigenvalue weighted by Gasteiger charge is 2.24. The van der Waals surface area contributed by atoms with Crippen LogP contribution in [0.3, 0.4) is 0 Å². The van der Waals surface area contributed by atoms with E-state index in [0.717, 1.165) is 55.9 Å². The molecule has 0 aliphatic carbocycles. The van der Waals surface area contributed by atoms with Gasteiger partial charge in [0.2, 0.25) is 0 Å². The fourth-order valence-electron chi connectivity index (χ4n) is 3.27. The van der Waals surface area contributed by atoms with Gasteiger partial charge in [-0.05, 0) is 31.5 Å². The van der Waals surface area contributed by atoms with Crippen LogP contribution < -0.4 is 10.6 Å². The first-order valence-electron chi connectivity index (χ1n) is 7.84. The van der Waals surface area contributed by atoms with E-state index in [1.54, 1.807) is 6.26 Å². The lowest BCUT2D eigenvalue weighted by Gasteiger charge is -2.39. The van der Waals surface area contributed by atoms with Gasteiger partial charge in [-0.2, -0.15) is 0 Å². The third-order valence-corrected chi connectivity index (χ3v) is 4.46. The number of pyridine rings is 1. The van der Waals surface area contributed by atoms with Crippen molar-refractivity contribution in [3.8, 4) is 0 Å². The molecule has 0 saturated carbocycles. The maximum Gasteiger partial charge on any atom is 0.139 e. The zero-order valence-electron chi connectivity index (χ0n) is 12.7. The Morgan fingerprint density at radius 2 is 2.10 bits per heavy atom. The fraction of sp³-hybridized carbons (Fsp3) is 0.562. The smallest absolute Gasteiger partial charge is 0.139 e. The molecule has 0 aromatic carbocycles. The standard InChI is InChI=1S/C16H24N4O/c1-2-13(3-6-17)19-8-10-20(11-9-19)16-14-5-12-21-15(14)4-7-18-16/h4-5,7,12-13H,2-3,6,8-11,17H2,1H3. The van der Waals surface area contributed by atoms with Crippen LogP contribution in [0.15, 0.2) is 29.0 Å². The summed E-state index contributed by atoms with van der Waals surface area (Å²) >= 11 is 0. The summed E-state index contributed by atoms with van der Waals surface area (Å²) < 4.78 is 5.47. The Morgan fingerprint density at radius 3 is 2.81 bits per heavy atom.